The van der Waals surface area contributed by atoms with E-state index in [1.165, 1.54) is 0 Å². The molecule has 1 unspecified atom stereocenters. The molecule has 0 saturated heterocycles. The smallest absolute Gasteiger partial charge is 0.0869 e. The highest BCUT2D eigenvalue weighted by Gasteiger charge is 2.40. The van der Waals surface area contributed by atoms with E-state index in [1.807, 2.05) is 18.2 Å². The molecule has 0 amide bonds. The molecule has 1 aliphatic rings. The van der Waals surface area contributed by atoms with Gasteiger partial charge in [0.2, 0.25) is 0 Å². The van der Waals surface area contributed by atoms with Crippen LogP contribution in [-0.2, 0) is 0 Å². The number of benzene rings is 1. The first kappa shape index (κ1) is 13.3. The fourth-order valence-corrected chi connectivity index (χ4v) is 3.37. The molecule has 3 N–H and O–H groups in total. The molecule has 0 spiro atoms. The molecular formula is C13H17BrClNO. The number of rotatable bonds is 3. The van der Waals surface area contributed by atoms with E-state index >= 15 is 0 Å². The normalized spacial score (nSPS) is 20.5. The molecule has 0 aromatic heterocycles. The van der Waals surface area contributed by atoms with Gasteiger partial charge in [-0.05, 0) is 36.6 Å². The molecule has 1 saturated carbocycles. The Morgan fingerprint density at radius 2 is 2.06 bits per heavy atom. The number of hydrogen-bond donors (Lipinski definition) is 2. The summed E-state index contributed by atoms with van der Waals surface area (Å²) in [6.45, 7) is 0.521. The lowest BCUT2D eigenvalue weighted by Gasteiger charge is -2.33. The standard InChI is InChI=1S/C13H17BrClNO/c14-11-4-3-9(15)7-10(11)12(17)13(8-16)5-1-2-6-13/h3-4,7,12,17H,1-2,5-6,8,16H2. The maximum absolute atomic E-state index is 10.6. The summed E-state index contributed by atoms with van der Waals surface area (Å²) in [6, 6.07) is 5.51. The van der Waals surface area contributed by atoms with Crippen molar-refractivity contribution in [1.29, 1.82) is 0 Å². The molecule has 1 fully saturated rings. The van der Waals surface area contributed by atoms with E-state index in [-0.39, 0.29) is 5.41 Å². The Morgan fingerprint density at radius 3 is 2.65 bits per heavy atom. The van der Waals surface area contributed by atoms with Gasteiger partial charge in [0.1, 0.15) is 0 Å². The highest BCUT2D eigenvalue weighted by Crippen LogP contribution is 2.48. The Bertz CT molecular complexity index is 404. The van der Waals surface area contributed by atoms with Crippen LogP contribution in [0.4, 0.5) is 0 Å². The summed E-state index contributed by atoms with van der Waals surface area (Å²) < 4.78 is 0.897. The number of hydrogen-bond acceptors (Lipinski definition) is 2. The van der Waals surface area contributed by atoms with Gasteiger partial charge in [-0.25, -0.2) is 0 Å². The first-order valence-electron chi connectivity index (χ1n) is 5.92. The van der Waals surface area contributed by atoms with Gasteiger partial charge in [-0.15, -0.1) is 0 Å². The van der Waals surface area contributed by atoms with Crippen molar-refractivity contribution < 1.29 is 5.11 Å². The van der Waals surface area contributed by atoms with Crippen LogP contribution in [0, 0.1) is 5.41 Å². The SMILES string of the molecule is NCC1(C(O)c2cc(Cl)ccc2Br)CCCC1. The molecule has 2 nitrogen and oxygen atoms in total. The predicted octanol–water partition coefficient (Wildman–Crippen LogP) is 3.66. The van der Waals surface area contributed by atoms with E-state index in [9.17, 15) is 5.11 Å². The minimum absolute atomic E-state index is 0.173. The van der Waals surface area contributed by atoms with Crippen LogP contribution >= 0.6 is 27.5 Å². The Morgan fingerprint density at radius 1 is 1.41 bits per heavy atom. The van der Waals surface area contributed by atoms with Gasteiger partial charge in [-0.1, -0.05) is 40.4 Å². The maximum Gasteiger partial charge on any atom is 0.0869 e. The van der Waals surface area contributed by atoms with Gasteiger partial charge in [-0.2, -0.15) is 0 Å². The summed E-state index contributed by atoms with van der Waals surface area (Å²) in [6.07, 6.45) is 3.73. The molecule has 1 aromatic rings. The zero-order valence-electron chi connectivity index (χ0n) is 9.63. The Labute approximate surface area is 115 Å². The van der Waals surface area contributed by atoms with Gasteiger partial charge >= 0.3 is 0 Å². The van der Waals surface area contributed by atoms with Gasteiger partial charge < -0.3 is 10.8 Å². The van der Waals surface area contributed by atoms with Crippen LogP contribution < -0.4 is 5.73 Å². The molecule has 94 valence electrons. The van der Waals surface area contributed by atoms with Crippen molar-refractivity contribution in [3.63, 3.8) is 0 Å². The lowest BCUT2D eigenvalue weighted by Crippen LogP contribution is -2.34. The molecule has 1 aromatic carbocycles. The molecule has 0 radical (unpaired) electrons. The Kier molecular flexibility index (Phi) is 4.14. The van der Waals surface area contributed by atoms with Gasteiger partial charge in [0.05, 0.1) is 6.10 Å². The van der Waals surface area contributed by atoms with Gasteiger partial charge in [0, 0.05) is 21.5 Å². The first-order valence-corrected chi connectivity index (χ1v) is 7.09. The van der Waals surface area contributed by atoms with Crippen LogP contribution in [0.3, 0.4) is 0 Å². The summed E-state index contributed by atoms with van der Waals surface area (Å²) in [4.78, 5) is 0. The van der Waals surface area contributed by atoms with Crippen LogP contribution in [0.15, 0.2) is 22.7 Å². The maximum atomic E-state index is 10.6. The second-order valence-electron chi connectivity index (χ2n) is 4.84. The van der Waals surface area contributed by atoms with Crippen molar-refractivity contribution in [1.82, 2.24) is 0 Å². The topological polar surface area (TPSA) is 46.2 Å². The molecule has 2 rings (SSSR count). The highest BCUT2D eigenvalue weighted by atomic mass is 79.9. The monoisotopic (exact) mass is 317 g/mol. The molecule has 17 heavy (non-hydrogen) atoms. The zero-order chi connectivity index (χ0) is 12.5. The molecule has 1 atom stereocenters. The first-order chi connectivity index (χ1) is 8.09. The number of halogens is 2. The summed E-state index contributed by atoms with van der Waals surface area (Å²) in [5, 5.41) is 11.3. The van der Waals surface area contributed by atoms with Crippen molar-refractivity contribution in [2.75, 3.05) is 6.54 Å². The lowest BCUT2D eigenvalue weighted by atomic mass is 9.77. The van der Waals surface area contributed by atoms with E-state index in [1.54, 1.807) is 0 Å². The van der Waals surface area contributed by atoms with Gasteiger partial charge in [0.15, 0.2) is 0 Å². The fraction of sp³-hybridized carbons (Fsp3) is 0.538. The Hall–Kier alpha value is -0.0900. The summed E-state index contributed by atoms with van der Waals surface area (Å²) in [5.74, 6) is 0. The zero-order valence-corrected chi connectivity index (χ0v) is 12.0. The summed E-state index contributed by atoms with van der Waals surface area (Å²) >= 11 is 9.47. The van der Waals surface area contributed by atoms with Crippen molar-refractivity contribution >= 4 is 27.5 Å². The van der Waals surface area contributed by atoms with E-state index in [0.29, 0.717) is 11.6 Å². The second kappa shape index (κ2) is 5.27. The largest absolute Gasteiger partial charge is 0.388 e. The molecule has 0 aliphatic heterocycles. The lowest BCUT2D eigenvalue weighted by molar-refractivity contribution is 0.0328. The fourth-order valence-electron chi connectivity index (χ4n) is 2.72. The predicted molar refractivity (Wildman–Crippen MR) is 74.1 cm³/mol. The van der Waals surface area contributed by atoms with Crippen LogP contribution in [0.25, 0.3) is 0 Å². The van der Waals surface area contributed by atoms with Crippen LogP contribution in [0.1, 0.15) is 37.4 Å². The third-order valence-electron chi connectivity index (χ3n) is 3.84. The molecule has 4 heteroatoms. The second-order valence-corrected chi connectivity index (χ2v) is 6.13. The minimum Gasteiger partial charge on any atom is -0.388 e. The third kappa shape index (κ3) is 2.53. The van der Waals surface area contributed by atoms with Crippen molar-refractivity contribution in [2.24, 2.45) is 11.1 Å². The van der Waals surface area contributed by atoms with E-state index < -0.39 is 6.10 Å². The van der Waals surface area contributed by atoms with E-state index in [0.717, 1.165) is 35.7 Å². The van der Waals surface area contributed by atoms with Crippen LogP contribution in [0.2, 0.25) is 5.02 Å². The number of aliphatic hydroxyl groups is 1. The van der Waals surface area contributed by atoms with Crippen LogP contribution in [0.5, 0.6) is 0 Å². The molecule has 0 heterocycles. The average Bonchev–Trinajstić information content (AvgIpc) is 2.81. The third-order valence-corrected chi connectivity index (χ3v) is 4.80. The van der Waals surface area contributed by atoms with Crippen molar-refractivity contribution in [3.8, 4) is 0 Å². The highest BCUT2D eigenvalue weighted by molar-refractivity contribution is 9.10. The summed E-state index contributed by atoms with van der Waals surface area (Å²) in [5.41, 5.74) is 6.57. The average molecular weight is 319 g/mol. The van der Waals surface area contributed by atoms with E-state index in [2.05, 4.69) is 15.9 Å². The van der Waals surface area contributed by atoms with Crippen molar-refractivity contribution in [3.05, 3.63) is 33.3 Å². The van der Waals surface area contributed by atoms with Crippen LogP contribution in [-0.4, -0.2) is 11.7 Å². The molecule has 1 aliphatic carbocycles. The Balaban J connectivity index is 2.35. The van der Waals surface area contributed by atoms with Gasteiger partial charge in [-0.3, -0.25) is 0 Å². The molecule has 0 bridgehead atoms. The molecular weight excluding hydrogens is 302 g/mol. The quantitative estimate of drug-likeness (QED) is 0.893. The number of aliphatic hydroxyl groups excluding tert-OH is 1. The number of nitrogens with two attached hydrogens (primary N) is 1. The van der Waals surface area contributed by atoms with E-state index in [4.69, 9.17) is 17.3 Å². The van der Waals surface area contributed by atoms with Gasteiger partial charge in [0.25, 0.3) is 0 Å². The summed E-state index contributed by atoms with van der Waals surface area (Å²) in [7, 11) is 0. The minimum atomic E-state index is -0.539. The van der Waals surface area contributed by atoms with Crippen molar-refractivity contribution in [2.45, 2.75) is 31.8 Å².